The maximum atomic E-state index is 5.68. The third kappa shape index (κ3) is 1.17. The van der Waals surface area contributed by atoms with E-state index in [1.54, 1.807) is 0 Å². The largest absolute Gasteiger partial charge is 0.469 e. The van der Waals surface area contributed by atoms with Crippen LogP contribution in [0.25, 0.3) is 0 Å². The molecule has 0 spiro atoms. The lowest BCUT2D eigenvalue weighted by Crippen LogP contribution is -2.27. The van der Waals surface area contributed by atoms with E-state index in [-0.39, 0.29) is 6.23 Å². The molecule has 0 fully saturated rings. The second-order valence-electron chi connectivity index (χ2n) is 3.73. The molecule has 0 saturated carbocycles. The van der Waals surface area contributed by atoms with Gasteiger partial charge in [0, 0.05) is 7.05 Å². The fraction of sp³-hybridized carbons (Fsp3) is 0.455. The van der Waals surface area contributed by atoms with E-state index >= 15 is 0 Å². The summed E-state index contributed by atoms with van der Waals surface area (Å²) in [4.78, 5) is 2.15. The van der Waals surface area contributed by atoms with E-state index < -0.39 is 0 Å². The van der Waals surface area contributed by atoms with Crippen LogP contribution < -0.4 is 9.64 Å². The van der Waals surface area contributed by atoms with Gasteiger partial charge in [-0.25, -0.2) is 0 Å². The van der Waals surface area contributed by atoms with Crippen LogP contribution in [0, 0.1) is 13.8 Å². The van der Waals surface area contributed by atoms with Crippen molar-refractivity contribution in [1.82, 2.24) is 0 Å². The van der Waals surface area contributed by atoms with Gasteiger partial charge in [0.25, 0.3) is 0 Å². The quantitative estimate of drug-likeness (QED) is 0.603. The molecule has 0 saturated heterocycles. The highest BCUT2D eigenvalue weighted by Gasteiger charge is 2.24. The second-order valence-corrected chi connectivity index (χ2v) is 3.73. The molecule has 2 rings (SSSR count). The van der Waals surface area contributed by atoms with Crippen molar-refractivity contribution in [3.8, 4) is 5.75 Å². The van der Waals surface area contributed by atoms with Crippen molar-refractivity contribution in [2.75, 3.05) is 11.9 Å². The van der Waals surface area contributed by atoms with Crippen LogP contribution in [0.5, 0.6) is 5.75 Å². The number of hydrogen-bond donors (Lipinski definition) is 0. The molecule has 1 heterocycles. The Morgan fingerprint density at radius 1 is 1.23 bits per heavy atom. The zero-order chi connectivity index (χ0) is 9.59. The summed E-state index contributed by atoms with van der Waals surface area (Å²) in [7, 11) is 2.06. The average molecular weight is 177 g/mol. The Morgan fingerprint density at radius 3 is 2.54 bits per heavy atom. The molecule has 0 N–H and O–H groups in total. The lowest BCUT2D eigenvalue weighted by atomic mass is 10.1. The fourth-order valence-corrected chi connectivity index (χ4v) is 1.60. The summed E-state index contributed by atoms with van der Waals surface area (Å²) in [6, 6.07) is 4.30. The van der Waals surface area contributed by atoms with E-state index in [4.69, 9.17) is 4.74 Å². The first-order chi connectivity index (χ1) is 6.09. The Balaban J connectivity index is 2.53. The molecule has 0 radical (unpaired) electrons. The van der Waals surface area contributed by atoms with Gasteiger partial charge < -0.3 is 9.64 Å². The Hall–Kier alpha value is -1.18. The molecule has 0 aromatic heterocycles. The summed E-state index contributed by atoms with van der Waals surface area (Å²) >= 11 is 0. The number of hydrogen-bond acceptors (Lipinski definition) is 2. The molecule has 1 atom stereocenters. The SMILES string of the molecule is Cc1cc2c(cc1C)N(C)C(C)O2. The minimum absolute atomic E-state index is 0.163. The van der Waals surface area contributed by atoms with Crippen LogP contribution in [-0.2, 0) is 0 Å². The number of nitrogens with zero attached hydrogens (tertiary/aromatic N) is 1. The smallest absolute Gasteiger partial charge is 0.169 e. The lowest BCUT2D eigenvalue weighted by Gasteiger charge is -2.15. The first-order valence-electron chi connectivity index (χ1n) is 4.60. The minimum Gasteiger partial charge on any atom is -0.469 e. The van der Waals surface area contributed by atoms with Gasteiger partial charge in [0.1, 0.15) is 5.75 Å². The van der Waals surface area contributed by atoms with Gasteiger partial charge in [-0.15, -0.1) is 0 Å². The molecular weight excluding hydrogens is 162 g/mol. The lowest BCUT2D eigenvalue weighted by molar-refractivity contribution is 0.251. The number of fused-ring (bicyclic) bond motifs is 1. The predicted octanol–water partition coefficient (Wildman–Crippen LogP) is 2.48. The molecule has 2 heteroatoms. The highest BCUT2D eigenvalue weighted by molar-refractivity contribution is 5.64. The maximum Gasteiger partial charge on any atom is 0.169 e. The molecule has 1 unspecified atom stereocenters. The normalized spacial score (nSPS) is 20.0. The van der Waals surface area contributed by atoms with Crippen molar-refractivity contribution in [3.63, 3.8) is 0 Å². The zero-order valence-corrected chi connectivity index (χ0v) is 8.59. The van der Waals surface area contributed by atoms with E-state index in [9.17, 15) is 0 Å². The molecule has 70 valence electrons. The van der Waals surface area contributed by atoms with Gasteiger partial charge in [-0.1, -0.05) is 0 Å². The summed E-state index contributed by atoms with van der Waals surface area (Å²) in [5.74, 6) is 1.01. The van der Waals surface area contributed by atoms with Crippen LogP contribution in [0.2, 0.25) is 0 Å². The monoisotopic (exact) mass is 177 g/mol. The summed E-state index contributed by atoms with van der Waals surface area (Å²) in [6.45, 7) is 6.30. The van der Waals surface area contributed by atoms with Gasteiger partial charge >= 0.3 is 0 Å². The molecule has 1 aliphatic rings. The molecule has 13 heavy (non-hydrogen) atoms. The molecule has 1 aliphatic heterocycles. The van der Waals surface area contributed by atoms with Crippen LogP contribution in [-0.4, -0.2) is 13.3 Å². The van der Waals surface area contributed by atoms with Crippen LogP contribution in [0.4, 0.5) is 5.69 Å². The number of benzene rings is 1. The molecule has 0 aliphatic carbocycles. The van der Waals surface area contributed by atoms with Crippen molar-refractivity contribution in [2.45, 2.75) is 27.0 Å². The predicted molar refractivity (Wildman–Crippen MR) is 54.4 cm³/mol. The van der Waals surface area contributed by atoms with E-state index in [2.05, 4.69) is 44.9 Å². The maximum absolute atomic E-state index is 5.68. The second kappa shape index (κ2) is 2.66. The first kappa shape index (κ1) is 8.42. The van der Waals surface area contributed by atoms with Crippen molar-refractivity contribution in [3.05, 3.63) is 23.3 Å². The minimum atomic E-state index is 0.163. The third-order valence-corrected chi connectivity index (χ3v) is 2.80. The van der Waals surface area contributed by atoms with Gasteiger partial charge in [0.05, 0.1) is 5.69 Å². The van der Waals surface area contributed by atoms with Crippen LogP contribution >= 0.6 is 0 Å². The average Bonchev–Trinajstić information content (AvgIpc) is 2.32. The van der Waals surface area contributed by atoms with Crippen molar-refractivity contribution in [2.24, 2.45) is 0 Å². The fourth-order valence-electron chi connectivity index (χ4n) is 1.60. The van der Waals surface area contributed by atoms with Gasteiger partial charge in [-0.05, 0) is 44.0 Å². The molecule has 2 nitrogen and oxygen atoms in total. The molecular formula is C11H15NO. The van der Waals surface area contributed by atoms with Crippen molar-refractivity contribution >= 4 is 5.69 Å². The Morgan fingerprint density at radius 2 is 1.85 bits per heavy atom. The summed E-state index contributed by atoms with van der Waals surface area (Å²) in [5.41, 5.74) is 3.82. The zero-order valence-electron chi connectivity index (χ0n) is 8.59. The topological polar surface area (TPSA) is 12.5 Å². The first-order valence-corrected chi connectivity index (χ1v) is 4.60. The highest BCUT2D eigenvalue weighted by atomic mass is 16.5. The van der Waals surface area contributed by atoms with Gasteiger partial charge in [-0.2, -0.15) is 0 Å². The van der Waals surface area contributed by atoms with Gasteiger partial charge in [0.2, 0.25) is 0 Å². The standard InChI is InChI=1S/C11H15NO/c1-7-5-10-11(6-8(7)2)13-9(3)12(10)4/h5-6,9H,1-4H3. The van der Waals surface area contributed by atoms with E-state index in [1.165, 1.54) is 16.8 Å². The molecule has 0 amide bonds. The van der Waals surface area contributed by atoms with Crippen LogP contribution in [0.1, 0.15) is 18.1 Å². The Labute approximate surface area is 79.1 Å². The Bertz CT molecular complexity index is 346. The summed E-state index contributed by atoms with van der Waals surface area (Å²) in [5, 5.41) is 0. The molecule has 1 aromatic rings. The van der Waals surface area contributed by atoms with E-state index in [1.807, 2.05) is 0 Å². The van der Waals surface area contributed by atoms with Gasteiger partial charge in [0.15, 0.2) is 6.23 Å². The van der Waals surface area contributed by atoms with Crippen molar-refractivity contribution in [1.29, 1.82) is 0 Å². The van der Waals surface area contributed by atoms with Crippen molar-refractivity contribution < 1.29 is 4.74 Å². The summed E-state index contributed by atoms with van der Waals surface area (Å²) < 4.78 is 5.68. The number of rotatable bonds is 0. The third-order valence-electron chi connectivity index (χ3n) is 2.80. The number of ether oxygens (including phenoxy) is 1. The van der Waals surface area contributed by atoms with E-state index in [0.29, 0.717) is 0 Å². The molecule has 0 bridgehead atoms. The number of aryl methyl sites for hydroxylation is 2. The van der Waals surface area contributed by atoms with Crippen LogP contribution in [0.15, 0.2) is 12.1 Å². The highest BCUT2D eigenvalue weighted by Crippen LogP contribution is 2.37. The summed E-state index contributed by atoms with van der Waals surface area (Å²) in [6.07, 6.45) is 0.163. The number of anilines is 1. The van der Waals surface area contributed by atoms with E-state index in [0.717, 1.165) is 5.75 Å². The van der Waals surface area contributed by atoms with Gasteiger partial charge in [-0.3, -0.25) is 0 Å². The van der Waals surface area contributed by atoms with Crippen LogP contribution in [0.3, 0.4) is 0 Å². The Kier molecular flexibility index (Phi) is 1.72. The molecule has 1 aromatic carbocycles.